The van der Waals surface area contributed by atoms with Gasteiger partial charge in [0.1, 0.15) is 0 Å². The van der Waals surface area contributed by atoms with Crippen molar-refractivity contribution in [3.05, 3.63) is 70.7 Å². The third kappa shape index (κ3) is 2.98. The van der Waals surface area contributed by atoms with E-state index in [1.54, 1.807) is 0 Å². The van der Waals surface area contributed by atoms with Crippen LogP contribution in [0.25, 0.3) is 0 Å². The van der Waals surface area contributed by atoms with Crippen molar-refractivity contribution in [3.8, 4) is 0 Å². The third-order valence-electron chi connectivity index (χ3n) is 4.54. The second-order valence-electron chi connectivity index (χ2n) is 5.76. The first-order chi connectivity index (χ1) is 10.2. The molecule has 0 spiro atoms. The van der Waals surface area contributed by atoms with Gasteiger partial charge in [0.2, 0.25) is 0 Å². The van der Waals surface area contributed by atoms with Gasteiger partial charge in [-0.1, -0.05) is 54.1 Å². The van der Waals surface area contributed by atoms with E-state index in [0.29, 0.717) is 12.1 Å². The molecule has 0 radical (unpaired) electrons. The fourth-order valence-electron chi connectivity index (χ4n) is 3.15. The van der Waals surface area contributed by atoms with E-state index < -0.39 is 0 Å². The Bertz CT molecular complexity index is 599. The molecule has 3 rings (SSSR count). The molecule has 21 heavy (non-hydrogen) atoms. The highest BCUT2D eigenvalue weighted by molar-refractivity contribution is 6.30. The zero-order valence-electron chi connectivity index (χ0n) is 12.2. The summed E-state index contributed by atoms with van der Waals surface area (Å²) in [5, 5.41) is 0.755. The predicted molar refractivity (Wildman–Crippen MR) is 88.3 cm³/mol. The molecule has 0 saturated carbocycles. The summed E-state index contributed by atoms with van der Waals surface area (Å²) in [5.41, 5.74) is 8.95. The van der Waals surface area contributed by atoms with E-state index in [2.05, 4.69) is 48.2 Å². The molecule has 1 fully saturated rings. The van der Waals surface area contributed by atoms with Gasteiger partial charge in [0.15, 0.2) is 0 Å². The molecule has 0 amide bonds. The van der Waals surface area contributed by atoms with Crippen LogP contribution >= 0.6 is 11.6 Å². The highest BCUT2D eigenvalue weighted by Gasteiger charge is 2.36. The Morgan fingerprint density at radius 3 is 2.43 bits per heavy atom. The van der Waals surface area contributed by atoms with Gasteiger partial charge in [-0.25, -0.2) is 0 Å². The molecule has 1 aliphatic rings. The summed E-state index contributed by atoms with van der Waals surface area (Å²) in [4.78, 5) is 2.49. The molecule has 2 N–H and O–H groups in total. The zero-order chi connectivity index (χ0) is 14.8. The summed E-state index contributed by atoms with van der Waals surface area (Å²) in [6.07, 6.45) is 1.14. The smallest absolute Gasteiger partial charge is 0.0454 e. The van der Waals surface area contributed by atoms with E-state index in [1.807, 2.05) is 18.2 Å². The normalized spacial score (nSPS) is 21.6. The summed E-state index contributed by atoms with van der Waals surface area (Å²) >= 11 is 6.08. The first-order valence-corrected chi connectivity index (χ1v) is 7.86. The molecule has 0 aliphatic carbocycles. The fraction of sp³-hybridized carbons (Fsp3) is 0.333. The molecule has 2 nitrogen and oxygen atoms in total. The average molecular weight is 301 g/mol. The lowest BCUT2D eigenvalue weighted by Gasteiger charge is -2.48. The van der Waals surface area contributed by atoms with E-state index in [4.69, 9.17) is 17.3 Å². The van der Waals surface area contributed by atoms with E-state index in [9.17, 15) is 0 Å². The van der Waals surface area contributed by atoms with Crippen LogP contribution in [0.5, 0.6) is 0 Å². The Morgan fingerprint density at radius 2 is 1.81 bits per heavy atom. The van der Waals surface area contributed by atoms with Crippen molar-refractivity contribution < 1.29 is 0 Å². The van der Waals surface area contributed by atoms with Gasteiger partial charge in [-0.2, -0.15) is 0 Å². The van der Waals surface area contributed by atoms with Crippen LogP contribution in [0.4, 0.5) is 0 Å². The summed E-state index contributed by atoms with van der Waals surface area (Å²) in [6, 6.07) is 19.3. The Labute approximate surface area is 131 Å². The first-order valence-electron chi connectivity index (χ1n) is 7.48. The molecular weight excluding hydrogens is 280 g/mol. The molecule has 3 atom stereocenters. The molecule has 1 unspecified atom stereocenters. The van der Waals surface area contributed by atoms with Gasteiger partial charge in [0, 0.05) is 29.7 Å². The van der Waals surface area contributed by atoms with Crippen LogP contribution in [0.1, 0.15) is 36.6 Å². The van der Waals surface area contributed by atoms with Crippen LogP contribution in [0.2, 0.25) is 5.02 Å². The molecule has 1 heterocycles. The van der Waals surface area contributed by atoms with E-state index in [-0.39, 0.29) is 6.04 Å². The predicted octanol–water partition coefficient (Wildman–Crippen LogP) is 4.18. The molecule has 2 aromatic rings. The summed E-state index contributed by atoms with van der Waals surface area (Å²) < 4.78 is 0. The number of hydrogen-bond acceptors (Lipinski definition) is 2. The van der Waals surface area contributed by atoms with Crippen LogP contribution in [0.3, 0.4) is 0 Å². The van der Waals surface area contributed by atoms with Crippen molar-refractivity contribution >= 4 is 11.6 Å². The minimum atomic E-state index is 0.0172. The van der Waals surface area contributed by atoms with Gasteiger partial charge in [0.05, 0.1) is 0 Å². The second-order valence-corrected chi connectivity index (χ2v) is 6.20. The molecule has 110 valence electrons. The van der Waals surface area contributed by atoms with Crippen LogP contribution in [0.15, 0.2) is 54.6 Å². The van der Waals surface area contributed by atoms with Crippen molar-refractivity contribution in [2.75, 3.05) is 6.54 Å². The molecule has 2 aromatic carbocycles. The number of rotatable bonds is 4. The van der Waals surface area contributed by atoms with Crippen molar-refractivity contribution in [2.24, 2.45) is 5.73 Å². The number of benzene rings is 2. The van der Waals surface area contributed by atoms with E-state index in [1.165, 1.54) is 5.56 Å². The zero-order valence-corrected chi connectivity index (χ0v) is 13.0. The van der Waals surface area contributed by atoms with Crippen LogP contribution in [-0.4, -0.2) is 17.5 Å². The van der Waals surface area contributed by atoms with Gasteiger partial charge in [-0.15, -0.1) is 0 Å². The minimum absolute atomic E-state index is 0.0172. The Balaban J connectivity index is 1.75. The van der Waals surface area contributed by atoms with Gasteiger partial charge in [0.25, 0.3) is 0 Å². The van der Waals surface area contributed by atoms with Gasteiger partial charge >= 0.3 is 0 Å². The molecule has 1 aliphatic heterocycles. The summed E-state index contributed by atoms with van der Waals surface area (Å²) in [6.45, 7) is 3.36. The highest BCUT2D eigenvalue weighted by atomic mass is 35.5. The first kappa shape index (κ1) is 14.6. The highest BCUT2D eigenvalue weighted by Crippen LogP contribution is 2.36. The maximum atomic E-state index is 6.48. The van der Waals surface area contributed by atoms with Gasteiger partial charge in [-0.05, 0) is 36.6 Å². The van der Waals surface area contributed by atoms with E-state index in [0.717, 1.165) is 23.6 Å². The van der Waals surface area contributed by atoms with E-state index >= 15 is 0 Å². The number of likely N-dealkylation sites (tertiary alicyclic amines) is 1. The maximum Gasteiger partial charge on any atom is 0.0454 e. The number of nitrogens with zero attached hydrogens (tertiary/aromatic N) is 1. The second kappa shape index (κ2) is 6.18. The van der Waals surface area contributed by atoms with Crippen LogP contribution < -0.4 is 5.73 Å². The van der Waals surface area contributed by atoms with Crippen molar-refractivity contribution in [2.45, 2.75) is 31.5 Å². The SMILES string of the molecule is CC(c1ccccc1)N1CC[C@H]1[C@@H](N)c1cccc(Cl)c1. The third-order valence-corrected chi connectivity index (χ3v) is 4.77. The largest absolute Gasteiger partial charge is 0.323 e. The lowest BCUT2D eigenvalue weighted by molar-refractivity contribution is 0.0309. The molecule has 0 aromatic heterocycles. The number of nitrogens with two attached hydrogens (primary N) is 1. The monoisotopic (exact) mass is 300 g/mol. The standard InChI is InChI=1S/C18H21ClN2/c1-13(14-6-3-2-4-7-14)21-11-10-17(21)18(20)15-8-5-9-16(19)12-15/h2-9,12-13,17-18H,10-11,20H2,1H3/t13?,17-,18-/m0/s1. The average Bonchev–Trinajstić information content (AvgIpc) is 2.47. The maximum absolute atomic E-state index is 6.48. The molecule has 3 heteroatoms. The van der Waals surface area contributed by atoms with Crippen molar-refractivity contribution in [1.29, 1.82) is 0 Å². The Hall–Kier alpha value is -1.35. The number of hydrogen-bond donors (Lipinski definition) is 1. The number of halogens is 1. The summed E-state index contributed by atoms with van der Waals surface area (Å²) in [5.74, 6) is 0. The van der Waals surface area contributed by atoms with Crippen LogP contribution in [-0.2, 0) is 0 Å². The Morgan fingerprint density at radius 1 is 1.10 bits per heavy atom. The lowest BCUT2D eigenvalue weighted by Crippen LogP contribution is -2.53. The Kier molecular flexibility index (Phi) is 4.29. The fourth-order valence-corrected chi connectivity index (χ4v) is 3.35. The van der Waals surface area contributed by atoms with Gasteiger partial charge in [-0.3, -0.25) is 4.90 Å². The van der Waals surface area contributed by atoms with Crippen molar-refractivity contribution in [3.63, 3.8) is 0 Å². The topological polar surface area (TPSA) is 29.3 Å². The quantitative estimate of drug-likeness (QED) is 0.918. The summed E-state index contributed by atoms with van der Waals surface area (Å²) in [7, 11) is 0. The van der Waals surface area contributed by atoms with Crippen LogP contribution in [0, 0.1) is 0 Å². The van der Waals surface area contributed by atoms with Gasteiger partial charge < -0.3 is 5.73 Å². The molecule has 0 bridgehead atoms. The van der Waals surface area contributed by atoms with Crippen molar-refractivity contribution in [1.82, 2.24) is 4.90 Å². The molecular formula is C18H21ClN2. The minimum Gasteiger partial charge on any atom is -0.323 e. The lowest BCUT2D eigenvalue weighted by atomic mass is 9.88. The molecule has 1 saturated heterocycles.